The van der Waals surface area contributed by atoms with Gasteiger partial charge in [0, 0.05) is 24.8 Å². The minimum atomic E-state index is 0.0259. The highest BCUT2D eigenvalue weighted by Gasteiger charge is 2.16. The first kappa shape index (κ1) is 14.9. The maximum atomic E-state index is 12.2. The van der Waals surface area contributed by atoms with Gasteiger partial charge in [-0.2, -0.15) is 0 Å². The van der Waals surface area contributed by atoms with Gasteiger partial charge in [-0.1, -0.05) is 19.1 Å². The monoisotopic (exact) mass is 275 g/mol. The molecule has 2 amide bonds. The maximum Gasteiger partial charge on any atom is 0.321 e. The minimum Gasteiger partial charge on any atom is -0.325 e. The topological polar surface area (TPSA) is 44.4 Å². The molecule has 1 unspecified atom stereocenters. The Hall–Kier alpha value is -1.55. The Labute approximate surface area is 121 Å². The number of nitrogens with one attached hydrogen (secondary N) is 2. The number of rotatable bonds is 4. The van der Waals surface area contributed by atoms with Crippen LogP contribution < -0.4 is 10.6 Å². The summed E-state index contributed by atoms with van der Waals surface area (Å²) in [6.45, 7) is 6.91. The zero-order chi connectivity index (χ0) is 14.4. The van der Waals surface area contributed by atoms with Crippen LogP contribution in [0.4, 0.5) is 10.5 Å². The zero-order valence-electron chi connectivity index (χ0n) is 12.5. The molecule has 0 spiro atoms. The lowest BCUT2D eigenvalue weighted by molar-refractivity contribution is 0.200. The van der Waals surface area contributed by atoms with E-state index in [0.717, 1.165) is 38.2 Å². The minimum absolute atomic E-state index is 0.0259. The number of benzene rings is 1. The summed E-state index contributed by atoms with van der Waals surface area (Å²) in [7, 11) is 0. The first-order chi connectivity index (χ1) is 9.70. The Morgan fingerprint density at radius 2 is 2.05 bits per heavy atom. The Kier molecular flexibility index (Phi) is 5.41. The first-order valence-corrected chi connectivity index (χ1v) is 7.60. The summed E-state index contributed by atoms with van der Waals surface area (Å²) in [6, 6.07) is 8.41. The van der Waals surface area contributed by atoms with Crippen LogP contribution >= 0.6 is 0 Å². The Morgan fingerprint density at radius 3 is 2.75 bits per heavy atom. The lowest BCUT2D eigenvalue weighted by Gasteiger charge is -2.27. The number of amides is 2. The summed E-state index contributed by atoms with van der Waals surface area (Å²) in [4.78, 5) is 14.1. The second-order valence-corrected chi connectivity index (χ2v) is 5.38. The molecule has 4 nitrogen and oxygen atoms in total. The Bertz CT molecular complexity index is 441. The van der Waals surface area contributed by atoms with Crippen molar-refractivity contribution in [3.8, 4) is 0 Å². The highest BCUT2D eigenvalue weighted by molar-refractivity contribution is 5.89. The van der Waals surface area contributed by atoms with Crippen LogP contribution in [0.25, 0.3) is 0 Å². The summed E-state index contributed by atoms with van der Waals surface area (Å²) in [5, 5.41) is 6.39. The molecule has 0 radical (unpaired) electrons. The van der Waals surface area contributed by atoms with Crippen molar-refractivity contribution in [1.29, 1.82) is 0 Å². The molecular weight excluding hydrogens is 250 g/mol. The van der Waals surface area contributed by atoms with E-state index < -0.39 is 0 Å². The SMILES string of the molecule is CCNC(C)c1cccc(NC(=O)N2CCCCC2)c1. The predicted molar refractivity (Wildman–Crippen MR) is 83.0 cm³/mol. The molecule has 20 heavy (non-hydrogen) atoms. The molecule has 0 aromatic heterocycles. The van der Waals surface area contributed by atoms with Gasteiger partial charge in [0.05, 0.1) is 0 Å². The molecule has 0 aliphatic carbocycles. The summed E-state index contributed by atoms with van der Waals surface area (Å²) in [6.07, 6.45) is 3.47. The van der Waals surface area contributed by atoms with E-state index in [9.17, 15) is 4.79 Å². The van der Waals surface area contributed by atoms with Gasteiger partial charge < -0.3 is 15.5 Å². The van der Waals surface area contributed by atoms with E-state index >= 15 is 0 Å². The smallest absolute Gasteiger partial charge is 0.321 e. The molecule has 2 rings (SSSR count). The van der Waals surface area contributed by atoms with Gasteiger partial charge in [-0.25, -0.2) is 4.79 Å². The number of carbonyl (C=O) groups is 1. The summed E-state index contributed by atoms with van der Waals surface area (Å²) in [5.74, 6) is 0. The van der Waals surface area contributed by atoms with E-state index in [1.165, 1.54) is 12.0 Å². The Morgan fingerprint density at radius 1 is 1.30 bits per heavy atom. The molecule has 1 aromatic rings. The van der Waals surface area contributed by atoms with Crippen molar-refractivity contribution < 1.29 is 4.79 Å². The third-order valence-electron chi connectivity index (χ3n) is 3.79. The van der Waals surface area contributed by atoms with Crippen LogP contribution in [0.3, 0.4) is 0 Å². The number of carbonyl (C=O) groups excluding carboxylic acids is 1. The number of urea groups is 1. The largest absolute Gasteiger partial charge is 0.325 e. The summed E-state index contributed by atoms with van der Waals surface area (Å²) >= 11 is 0. The van der Waals surface area contributed by atoms with Gasteiger partial charge in [0.2, 0.25) is 0 Å². The van der Waals surface area contributed by atoms with Crippen LogP contribution in [0.5, 0.6) is 0 Å². The van der Waals surface area contributed by atoms with Gasteiger partial charge in [-0.3, -0.25) is 0 Å². The molecule has 1 heterocycles. The standard InChI is InChI=1S/C16H25N3O/c1-3-17-13(2)14-8-7-9-15(12-14)18-16(20)19-10-5-4-6-11-19/h7-9,12-13,17H,3-6,10-11H2,1-2H3,(H,18,20). The predicted octanol–water partition coefficient (Wildman–Crippen LogP) is 3.37. The van der Waals surface area contributed by atoms with Crippen LogP contribution in [-0.4, -0.2) is 30.6 Å². The van der Waals surface area contributed by atoms with Crippen LogP contribution in [0.15, 0.2) is 24.3 Å². The molecule has 1 aromatic carbocycles. The molecular formula is C16H25N3O. The lowest BCUT2D eigenvalue weighted by atomic mass is 10.1. The molecule has 1 fully saturated rings. The highest BCUT2D eigenvalue weighted by atomic mass is 16.2. The van der Waals surface area contributed by atoms with Gasteiger partial charge in [-0.05, 0) is 50.4 Å². The second-order valence-electron chi connectivity index (χ2n) is 5.38. The molecule has 1 saturated heterocycles. The Balaban J connectivity index is 1.98. The van der Waals surface area contributed by atoms with Crippen LogP contribution in [0.1, 0.15) is 44.7 Å². The normalized spacial score (nSPS) is 16.8. The van der Waals surface area contributed by atoms with Crippen molar-refractivity contribution in [3.05, 3.63) is 29.8 Å². The fourth-order valence-corrected chi connectivity index (χ4v) is 2.61. The number of hydrogen-bond acceptors (Lipinski definition) is 2. The average molecular weight is 275 g/mol. The van der Waals surface area contributed by atoms with Crippen molar-refractivity contribution in [2.24, 2.45) is 0 Å². The second kappa shape index (κ2) is 7.29. The fourth-order valence-electron chi connectivity index (χ4n) is 2.61. The number of anilines is 1. The number of hydrogen-bond donors (Lipinski definition) is 2. The molecule has 0 bridgehead atoms. The van der Waals surface area contributed by atoms with Gasteiger partial charge in [0.1, 0.15) is 0 Å². The summed E-state index contributed by atoms with van der Waals surface area (Å²) in [5.41, 5.74) is 2.08. The van der Waals surface area contributed by atoms with E-state index in [2.05, 4.69) is 36.6 Å². The molecule has 0 saturated carbocycles. The maximum absolute atomic E-state index is 12.2. The van der Waals surface area contributed by atoms with Crippen LogP contribution in [-0.2, 0) is 0 Å². The van der Waals surface area contributed by atoms with E-state index in [4.69, 9.17) is 0 Å². The molecule has 1 aliphatic heterocycles. The van der Waals surface area contributed by atoms with E-state index in [1.807, 2.05) is 17.0 Å². The van der Waals surface area contributed by atoms with Crippen molar-refractivity contribution >= 4 is 11.7 Å². The molecule has 1 aliphatic rings. The fraction of sp³-hybridized carbons (Fsp3) is 0.562. The van der Waals surface area contributed by atoms with Crippen molar-refractivity contribution in [2.45, 2.75) is 39.2 Å². The lowest BCUT2D eigenvalue weighted by Crippen LogP contribution is -2.38. The first-order valence-electron chi connectivity index (χ1n) is 7.60. The zero-order valence-corrected chi connectivity index (χ0v) is 12.5. The molecule has 110 valence electrons. The van der Waals surface area contributed by atoms with Crippen molar-refractivity contribution in [2.75, 3.05) is 25.0 Å². The van der Waals surface area contributed by atoms with E-state index in [1.54, 1.807) is 0 Å². The third kappa shape index (κ3) is 3.97. The average Bonchev–Trinajstić information content (AvgIpc) is 2.48. The van der Waals surface area contributed by atoms with Gasteiger partial charge in [0.15, 0.2) is 0 Å². The van der Waals surface area contributed by atoms with Crippen LogP contribution in [0, 0.1) is 0 Å². The molecule has 1 atom stereocenters. The van der Waals surface area contributed by atoms with Crippen molar-refractivity contribution in [1.82, 2.24) is 10.2 Å². The van der Waals surface area contributed by atoms with Gasteiger partial charge >= 0.3 is 6.03 Å². The highest BCUT2D eigenvalue weighted by Crippen LogP contribution is 2.18. The van der Waals surface area contributed by atoms with E-state index in [-0.39, 0.29) is 6.03 Å². The van der Waals surface area contributed by atoms with E-state index in [0.29, 0.717) is 6.04 Å². The number of nitrogens with zero attached hydrogens (tertiary/aromatic N) is 1. The molecule has 4 heteroatoms. The summed E-state index contributed by atoms with van der Waals surface area (Å²) < 4.78 is 0. The van der Waals surface area contributed by atoms with Crippen LogP contribution in [0.2, 0.25) is 0 Å². The molecule has 2 N–H and O–H groups in total. The quantitative estimate of drug-likeness (QED) is 0.885. The van der Waals surface area contributed by atoms with Gasteiger partial charge in [0.25, 0.3) is 0 Å². The number of piperidine rings is 1. The van der Waals surface area contributed by atoms with Gasteiger partial charge in [-0.15, -0.1) is 0 Å². The third-order valence-corrected chi connectivity index (χ3v) is 3.79. The number of likely N-dealkylation sites (tertiary alicyclic amines) is 1. The van der Waals surface area contributed by atoms with Crippen molar-refractivity contribution in [3.63, 3.8) is 0 Å².